The lowest BCUT2D eigenvalue weighted by Crippen LogP contribution is -2.46. The summed E-state index contributed by atoms with van der Waals surface area (Å²) in [6.45, 7) is 11.4. The largest absolute Gasteiger partial charge is 0.492 e. The predicted molar refractivity (Wildman–Crippen MR) is 199 cm³/mol. The molecule has 3 aromatic rings. The van der Waals surface area contributed by atoms with Gasteiger partial charge in [0.1, 0.15) is 23.6 Å². The van der Waals surface area contributed by atoms with E-state index in [-0.39, 0.29) is 41.9 Å². The molecule has 0 bridgehead atoms. The Balaban J connectivity index is 1.61. The van der Waals surface area contributed by atoms with Crippen LogP contribution in [-0.2, 0) is 18.9 Å². The lowest BCUT2D eigenvalue weighted by Gasteiger charge is -2.33. The quantitative estimate of drug-likeness (QED) is 0.176. The van der Waals surface area contributed by atoms with Crippen LogP contribution in [0.15, 0.2) is 36.7 Å². The van der Waals surface area contributed by atoms with Crippen molar-refractivity contribution in [2.45, 2.75) is 96.7 Å². The summed E-state index contributed by atoms with van der Waals surface area (Å²) in [5, 5.41) is 3.26. The van der Waals surface area contributed by atoms with Gasteiger partial charge in [-0.15, -0.1) is 0 Å². The number of hydrogen-bond acceptors (Lipinski definition) is 11. The molecule has 4 heterocycles. The van der Waals surface area contributed by atoms with E-state index in [9.17, 15) is 14.4 Å². The Bertz CT molecular complexity index is 1810. The number of imide groups is 1. The minimum atomic E-state index is -0.870. The smallest absolute Gasteiger partial charge is 0.417 e. The summed E-state index contributed by atoms with van der Waals surface area (Å²) < 4.78 is 49.1. The average Bonchev–Trinajstić information content (AvgIpc) is 3.73. The van der Waals surface area contributed by atoms with Crippen LogP contribution < -0.4 is 14.8 Å². The van der Waals surface area contributed by atoms with Crippen LogP contribution >= 0.6 is 0 Å². The van der Waals surface area contributed by atoms with Crippen LogP contribution in [0.3, 0.4) is 0 Å². The Morgan fingerprint density at radius 3 is 2.41 bits per heavy atom. The fraction of sp³-hybridized carbons (Fsp3) is 0.538. The van der Waals surface area contributed by atoms with E-state index in [0.717, 1.165) is 17.7 Å². The zero-order valence-corrected chi connectivity index (χ0v) is 32.5. The van der Waals surface area contributed by atoms with Gasteiger partial charge in [0, 0.05) is 50.7 Å². The molecule has 2 aliphatic heterocycles. The molecule has 1 unspecified atom stereocenters. The first kappa shape index (κ1) is 40.3. The molecular formula is C39H52FN5O9. The number of carbonyl (C=O) groups is 3. The van der Waals surface area contributed by atoms with Crippen molar-refractivity contribution in [1.29, 1.82) is 0 Å². The molecule has 3 amide bonds. The molecular weight excluding hydrogens is 701 g/mol. The van der Waals surface area contributed by atoms with E-state index in [1.54, 1.807) is 64.4 Å². The van der Waals surface area contributed by atoms with E-state index >= 15 is 4.39 Å². The Labute approximate surface area is 315 Å². The molecule has 2 aliphatic rings. The maximum Gasteiger partial charge on any atom is 0.417 e. The fourth-order valence-corrected chi connectivity index (χ4v) is 6.69. The minimum absolute atomic E-state index is 0.0193. The topological polar surface area (TPSA) is 154 Å². The molecule has 0 saturated carbocycles. The molecule has 14 nitrogen and oxygen atoms in total. The van der Waals surface area contributed by atoms with E-state index in [2.05, 4.69) is 15.3 Å². The summed E-state index contributed by atoms with van der Waals surface area (Å²) in [4.78, 5) is 51.7. The molecule has 1 fully saturated rings. The summed E-state index contributed by atoms with van der Waals surface area (Å²) in [6.07, 6.45) is 3.83. The highest BCUT2D eigenvalue weighted by Crippen LogP contribution is 2.46. The molecule has 1 aromatic carbocycles. The second kappa shape index (κ2) is 16.6. The van der Waals surface area contributed by atoms with Gasteiger partial charge in [-0.3, -0.25) is 9.78 Å². The molecule has 54 heavy (non-hydrogen) atoms. The standard InChI is InChI=1S/C39H52FN5O9/c1-38(2,3)53-36(47)44-19-11-12-24(44)22-52-28-20-41-18-17-25(28)32-33(42-27-14-10-13-26(40)34(27)51-9)30-31(43-32)23(15-16-29(49-7)50-8)21-45(35(30)46)37(48)54-39(4,5)6/h10,13-14,17-18,20,23-24,29,42-43H,11-12,15-16,19,21-22H2,1-9H3/t23?,24-/m0/s1. The molecule has 15 heteroatoms. The molecule has 0 spiro atoms. The van der Waals surface area contributed by atoms with Crippen molar-refractivity contribution in [3.8, 4) is 22.8 Å². The van der Waals surface area contributed by atoms with Gasteiger partial charge in [-0.2, -0.15) is 0 Å². The molecule has 2 aromatic heterocycles. The maximum absolute atomic E-state index is 15.0. The SMILES string of the molecule is COc1c(F)cccc1Nc1c(-c2ccncc2OC[C@@H]2CCCN2C(=O)OC(C)(C)C)[nH]c2c1C(=O)N(C(=O)OC(C)(C)C)CC2CCC(OC)OC. The number of ether oxygens (including phenoxy) is 6. The highest BCUT2D eigenvalue weighted by molar-refractivity contribution is 6.11. The van der Waals surface area contributed by atoms with Gasteiger partial charge in [-0.25, -0.2) is 18.9 Å². The second-order valence-corrected chi connectivity index (χ2v) is 15.3. The van der Waals surface area contributed by atoms with Crippen molar-refractivity contribution in [1.82, 2.24) is 19.8 Å². The van der Waals surface area contributed by atoms with Crippen LogP contribution in [0.25, 0.3) is 11.3 Å². The van der Waals surface area contributed by atoms with E-state index in [4.69, 9.17) is 28.4 Å². The summed E-state index contributed by atoms with van der Waals surface area (Å²) >= 11 is 0. The number of H-pyrrole nitrogens is 1. The number of halogens is 1. The first-order valence-corrected chi connectivity index (χ1v) is 18.1. The van der Waals surface area contributed by atoms with Gasteiger partial charge in [0.2, 0.25) is 0 Å². The number of amides is 3. The lowest BCUT2D eigenvalue weighted by molar-refractivity contribution is -0.107. The number of nitrogens with one attached hydrogen (secondary N) is 2. The minimum Gasteiger partial charge on any atom is -0.492 e. The Hall–Kier alpha value is -4.89. The Morgan fingerprint density at radius 1 is 1.04 bits per heavy atom. The van der Waals surface area contributed by atoms with Crippen molar-refractivity contribution in [2.75, 3.05) is 46.3 Å². The summed E-state index contributed by atoms with van der Waals surface area (Å²) in [5.74, 6) is -1.33. The van der Waals surface area contributed by atoms with Crippen molar-refractivity contribution in [3.05, 3.63) is 53.7 Å². The zero-order chi connectivity index (χ0) is 39.4. The number of hydrogen-bond donors (Lipinski definition) is 2. The normalized spacial score (nSPS) is 17.4. The third kappa shape index (κ3) is 9.24. The molecule has 5 rings (SSSR count). The molecule has 0 radical (unpaired) electrons. The first-order chi connectivity index (χ1) is 25.5. The third-order valence-corrected chi connectivity index (χ3v) is 9.11. The van der Waals surface area contributed by atoms with Crippen LogP contribution in [-0.4, -0.2) is 102 Å². The van der Waals surface area contributed by atoms with E-state index < -0.39 is 47.3 Å². The molecule has 2 atom stereocenters. The van der Waals surface area contributed by atoms with Crippen LogP contribution in [0.5, 0.6) is 11.5 Å². The number of methoxy groups -OCH3 is 3. The number of anilines is 2. The third-order valence-electron chi connectivity index (χ3n) is 9.11. The van der Waals surface area contributed by atoms with Gasteiger partial charge >= 0.3 is 12.2 Å². The monoisotopic (exact) mass is 753 g/mol. The van der Waals surface area contributed by atoms with Gasteiger partial charge in [0.05, 0.1) is 42.0 Å². The Kier molecular flexibility index (Phi) is 12.4. The summed E-state index contributed by atoms with van der Waals surface area (Å²) in [7, 11) is 4.44. The number of benzene rings is 1. The van der Waals surface area contributed by atoms with Gasteiger partial charge in [0.25, 0.3) is 5.91 Å². The number of rotatable bonds is 12. The number of pyridine rings is 1. The first-order valence-electron chi connectivity index (χ1n) is 18.1. The van der Waals surface area contributed by atoms with E-state index in [1.165, 1.54) is 19.2 Å². The average molecular weight is 754 g/mol. The van der Waals surface area contributed by atoms with Gasteiger partial charge in [-0.1, -0.05) is 6.07 Å². The number of carbonyl (C=O) groups excluding carboxylic acids is 3. The van der Waals surface area contributed by atoms with E-state index in [0.29, 0.717) is 42.1 Å². The lowest BCUT2D eigenvalue weighted by atomic mass is 9.91. The summed E-state index contributed by atoms with van der Waals surface area (Å²) in [5.41, 5.74) is 0.663. The van der Waals surface area contributed by atoms with Crippen molar-refractivity contribution in [2.24, 2.45) is 0 Å². The Morgan fingerprint density at radius 2 is 1.74 bits per heavy atom. The number of aromatic amines is 1. The van der Waals surface area contributed by atoms with Gasteiger partial charge < -0.3 is 43.6 Å². The van der Waals surface area contributed by atoms with Crippen LogP contribution in [0.4, 0.5) is 25.4 Å². The number of nitrogens with zero attached hydrogens (tertiary/aromatic N) is 3. The second-order valence-electron chi connectivity index (χ2n) is 15.3. The zero-order valence-electron chi connectivity index (χ0n) is 32.5. The highest BCUT2D eigenvalue weighted by atomic mass is 19.1. The fourth-order valence-electron chi connectivity index (χ4n) is 6.69. The molecule has 0 aliphatic carbocycles. The predicted octanol–water partition coefficient (Wildman–Crippen LogP) is 7.62. The maximum atomic E-state index is 15.0. The van der Waals surface area contributed by atoms with Crippen molar-refractivity contribution < 1.29 is 47.2 Å². The van der Waals surface area contributed by atoms with Gasteiger partial charge in [-0.05, 0) is 85.4 Å². The number of fused-ring (bicyclic) bond motifs is 1. The van der Waals surface area contributed by atoms with Crippen LogP contribution in [0.2, 0.25) is 0 Å². The molecule has 294 valence electrons. The van der Waals surface area contributed by atoms with Crippen LogP contribution in [0.1, 0.15) is 89.2 Å². The van der Waals surface area contributed by atoms with Gasteiger partial charge in [0.15, 0.2) is 17.9 Å². The molecule has 2 N–H and O–H groups in total. The number of para-hydroxylation sites is 1. The molecule has 1 saturated heterocycles. The van der Waals surface area contributed by atoms with Crippen molar-refractivity contribution in [3.63, 3.8) is 0 Å². The van der Waals surface area contributed by atoms with Crippen LogP contribution in [0, 0.1) is 5.82 Å². The summed E-state index contributed by atoms with van der Waals surface area (Å²) in [6, 6.07) is 5.90. The van der Waals surface area contributed by atoms with E-state index in [1.807, 2.05) is 20.8 Å². The highest BCUT2D eigenvalue weighted by Gasteiger charge is 2.42. The number of likely N-dealkylation sites (tertiary alicyclic amines) is 1. The number of aromatic nitrogens is 2. The van der Waals surface area contributed by atoms with Crippen molar-refractivity contribution >= 4 is 29.5 Å².